The first-order chi connectivity index (χ1) is 13.9. The number of nitrogens with zero attached hydrogens (tertiary/aromatic N) is 2. The van der Waals surface area contributed by atoms with Crippen molar-refractivity contribution in [2.24, 2.45) is 7.05 Å². The number of pyridine rings is 1. The summed E-state index contributed by atoms with van der Waals surface area (Å²) >= 11 is 5.96. The lowest BCUT2D eigenvalue weighted by molar-refractivity contribution is 0.103. The van der Waals surface area contributed by atoms with Crippen molar-refractivity contribution in [1.29, 1.82) is 0 Å². The molecule has 0 unspecified atom stereocenters. The summed E-state index contributed by atoms with van der Waals surface area (Å²) in [5, 5.41) is 1.15. The molecule has 0 aliphatic heterocycles. The number of nitrogens with one attached hydrogen (secondary N) is 1. The van der Waals surface area contributed by atoms with Gasteiger partial charge in [0, 0.05) is 28.6 Å². The third-order valence-electron chi connectivity index (χ3n) is 4.70. The fourth-order valence-electron chi connectivity index (χ4n) is 3.12. The zero-order chi connectivity index (χ0) is 20.7. The number of ketones is 1. The second kappa shape index (κ2) is 7.03. The number of hydrogen-bond donors (Lipinski definition) is 2. The summed E-state index contributed by atoms with van der Waals surface area (Å²) in [7, 11) is 1.38. The fourth-order valence-corrected chi connectivity index (χ4v) is 3.25. The molecule has 0 saturated carbocycles. The van der Waals surface area contributed by atoms with Gasteiger partial charge < -0.3 is 5.73 Å². The van der Waals surface area contributed by atoms with Crippen LogP contribution in [0.1, 0.15) is 15.9 Å². The Morgan fingerprint density at radius 3 is 2.52 bits per heavy atom. The van der Waals surface area contributed by atoms with Crippen molar-refractivity contribution >= 4 is 34.1 Å². The van der Waals surface area contributed by atoms with Gasteiger partial charge >= 0.3 is 5.69 Å². The molecular weight excluding hydrogens is 392 g/mol. The minimum absolute atomic E-state index is 0.197. The molecule has 29 heavy (non-hydrogen) atoms. The number of carbonyl (C=O) groups is 1. The molecule has 2 aromatic carbocycles. The maximum Gasteiger partial charge on any atom is 0.329 e. The largest absolute Gasteiger partial charge is 0.384 e. The molecule has 0 spiro atoms. The van der Waals surface area contributed by atoms with E-state index in [1.54, 1.807) is 48.5 Å². The highest BCUT2D eigenvalue weighted by Gasteiger charge is 2.22. The van der Waals surface area contributed by atoms with E-state index in [4.69, 9.17) is 17.3 Å². The van der Waals surface area contributed by atoms with Gasteiger partial charge in [-0.25, -0.2) is 9.78 Å². The normalized spacial score (nSPS) is 11.0. The van der Waals surface area contributed by atoms with Crippen molar-refractivity contribution in [2.75, 3.05) is 5.73 Å². The number of aromatic nitrogens is 3. The molecule has 0 bridgehead atoms. The Bertz CT molecular complexity index is 1390. The number of anilines is 1. The molecule has 0 fully saturated rings. The van der Waals surface area contributed by atoms with Crippen LogP contribution in [0.25, 0.3) is 22.2 Å². The number of H-pyrrole nitrogens is 1. The molecule has 2 heterocycles. The third-order valence-corrected chi connectivity index (χ3v) is 4.95. The number of halogens is 1. The van der Waals surface area contributed by atoms with Gasteiger partial charge in [-0.05, 0) is 24.3 Å². The second-order valence-electron chi connectivity index (χ2n) is 6.49. The van der Waals surface area contributed by atoms with Crippen molar-refractivity contribution in [3.63, 3.8) is 0 Å². The number of para-hydroxylation sites is 1. The molecule has 0 saturated heterocycles. The topological polar surface area (TPSA) is 111 Å². The lowest BCUT2D eigenvalue weighted by Crippen LogP contribution is -2.35. The van der Waals surface area contributed by atoms with Crippen molar-refractivity contribution in [3.8, 4) is 11.3 Å². The van der Waals surface area contributed by atoms with Crippen LogP contribution >= 0.6 is 11.6 Å². The van der Waals surface area contributed by atoms with Crippen LogP contribution in [0.3, 0.4) is 0 Å². The molecule has 0 atom stereocenters. The number of nitrogens with two attached hydrogens (primary N) is 1. The van der Waals surface area contributed by atoms with E-state index in [0.29, 0.717) is 21.6 Å². The predicted molar refractivity (Wildman–Crippen MR) is 112 cm³/mol. The quantitative estimate of drug-likeness (QED) is 0.508. The highest BCUT2D eigenvalue weighted by molar-refractivity contribution is 6.30. The summed E-state index contributed by atoms with van der Waals surface area (Å²) in [6.45, 7) is 0. The van der Waals surface area contributed by atoms with E-state index in [0.717, 1.165) is 10.1 Å². The molecule has 4 rings (SSSR count). The van der Waals surface area contributed by atoms with Gasteiger partial charge in [-0.15, -0.1) is 0 Å². The molecule has 0 aliphatic rings. The number of hydrogen-bond acceptors (Lipinski definition) is 5. The van der Waals surface area contributed by atoms with Crippen LogP contribution in [0.5, 0.6) is 0 Å². The van der Waals surface area contributed by atoms with Crippen molar-refractivity contribution in [3.05, 3.63) is 91.6 Å². The SMILES string of the molecule is Cn1c(N)c(C(=O)c2cc(-c3ccc(Cl)cc3)nc3ccccc23)c(=O)[nH]c1=O. The summed E-state index contributed by atoms with van der Waals surface area (Å²) in [6, 6.07) is 15.8. The van der Waals surface area contributed by atoms with Gasteiger partial charge in [-0.2, -0.15) is 0 Å². The Balaban J connectivity index is 2.00. The summed E-state index contributed by atoms with van der Waals surface area (Å²) in [5.41, 5.74) is 6.27. The Kier molecular flexibility index (Phi) is 4.52. The first kappa shape index (κ1) is 18.6. The zero-order valence-electron chi connectivity index (χ0n) is 15.3. The second-order valence-corrected chi connectivity index (χ2v) is 6.92. The van der Waals surface area contributed by atoms with Crippen LogP contribution < -0.4 is 17.0 Å². The van der Waals surface area contributed by atoms with Gasteiger partial charge in [-0.1, -0.05) is 41.9 Å². The first-order valence-corrected chi connectivity index (χ1v) is 9.04. The van der Waals surface area contributed by atoms with E-state index in [-0.39, 0.29) is 16.9 Å². The maximum atomic E-state index is 13.3. The average Bonchev–Trinajstić information content (AvgIpc) is 2.71. The Morgan fingerprint density at radius 1 is 1.10 bits per heavy atom. The van der Waals surface area contributed by atoms with E-state index in [1.165, 1.54) is 7.05 Å². The average molecular weight is 407 g/mol. The molecule has 144 valence electrons. The Morgan fingerprint density at radius 2 is 1.79 bits per heavy atom. The minimum Gasteiger partial charge on any atom is -0.384 e. The molecular formula is C21H15ClN4O3. The van der Waals surface area contributed by atoms with Gasteiger partial charge in [0.25, 0.3) is 5.56 Å². The molecule has 0 radical (unpaired) electrons. The highest BCUT2D eigenvalue weighted by atomic mass is 35.5. The maximum absolute atomic E-state index is 13.3. The molecule has 7 nitrogen and oxygen atoms in total. The lowest BCUT2D eigenvalue weighted by Gasteiger charge is -2.11. The molecule has 8 heteroatoms. The van der Waals surface area contributed by atoms with Crippen LogP contribution in [0.15, 0.2) is 64.2 Å². The number of nitrogen functional groups attached to an aromatic ring is 1. The van der Waals surface area contributed by atoms with E-state index >= 15 is 0 Å². The number of aromatic amines is 1. The van der Waals surface area contributed by atoms with Crippen molar-refractivity contribution in [2.45, 2.75) is 0 Å². The number of fused-ring (bicyclic) bond motifs is 1. The van der Waals surface area contributed by atoms with Crippen LogP contribution in [-0.2, 0) is 7.05 Å². The smallest absolute Gasteiger partial charge is 0.329 e. The predicted octanol–water partition coefficient (Wildman–Crippen LogP) is 2.76. The molecule has 0 amide bonds. The highest BCUT2D eigenvalue weighted by Crippen LogP contribution is 2.27. The Labute approximate surface area is 169 Å². The van der Waals surface area contributed by atoms with Crippen LogP contribution in [0.4, 0.5) is 5.82 Å². The van der Waals surface area contributed by atoms with Crippen molar-refractivity contribution in [1.82, 2.24) is 14.5 Å². The van der Waals surface area contributed by atoms with Crippen LogP contribution in [-0.4, -0.2) is 20.3 Å². The van der Waals surface area contributed by atoms with Gasteiger partial charge in [0.05, 0.1) is 11.2 Å². The van der Waals surface area contributed by atoms with Crippen LogP contribution in [0.2, 0.25) is 5.02 Å². The number of benzene rings is 2. The van der Waals surface area contributed by atoms with Gasteiger partial charge in [0.1, 0.15) is 11.4 Å². The standard InChI is InChI=1S/C21H15ClN4O3/c1-26-19(23)17(20(28)25-21(26)29)18(27)14-10-16(11-6-8-12(22)9-7-11)24-15-5-3-2-4-13(14)15/h2-10H,23H2,1H3,(H,25,28,29). The fraction of sp³-hybridized carbons (Fsp3) is 0.0476. The summed E-state index contributed by atoms with van der Waals surface area (Å²) in [6.07, 6.45) is 0. The third kappa shape index (κ3) is 3.21. The van der Waals surface area contributed by atoms with Gasteiger partial charge in [0.2, 0.25) is 5.78 Å². The number of rotatable bonds is 3. The first-order valence-electron chi connectivity index (χ1n) is 8.66. The van der Waals surface area contributed by atoms with E-state index < -0.39 is 17.0 Å². The lowest BCUT2D eigenvalue weighted by atomic mass is 9.98. The van der Waals surface area contributed by atoms with Crippen molar-refractivity contribution < 1.29 is 4.79 Å². The number of carbonyl (C=O) groups excluding carboxylic acids is 1. The molecule has 2 aromatic heterocycles. The summed E-state index contributed by atoms with van der Waals surface area (Å²) < 4.78 is 1.03. The zero-order valence-corrected chi connectivity index (χ0v) is 16.0. The molecule has 4 aromatic rings. The van der Waals surface area contributed by atoms with E-state index in [2.05, 4.69) is 9.97 Å². The molecule has 3 N–H and O–H groups in total. The van der Waals surface area contributed by atoms with Gasteiger partial charge in [0.15, 0.2) is 0 Å². The van der Waals surface area contributed by atoms with E-state index in [9.17, 15) is 14.4 Å². The van der Waals surface area contributed by atoms with Crippen LogP contribution in [0, 0.1) is 0 Å². The molecule has 0 aliphatic carbocycles. The summed E-state index contributed by atoms with van der Waals surface area (Å²) in [5.74, 6) is -0.786. The minimum atomic E-state index is -0.829. The summed E-state index contributed by atoms with van der Waals surface area (Å²) in [4.78, 5) is 44.2. The van der Waals surface area contributed by atoms with E-state index in [1.807, 2.05) is 6.07 Å². The monoisotopic (exact) mass is 406 g/mol. The Hall–Kier alpha value is -3.71. The van der Waals surface area contributed by atoms with Gasteiger partial charge in [-0.3, -0.25) is 19.1 Å².